The number of likely N-dealkylation sites (N-methyl/N-ethyl adjacent to an activating group) is 1. The first-order chi connectivity index (χ1) is 12.9. The molecular formula is C20H28N4O3. The molecule has 2 rings (SSSR count). The fourth-order valence-electron chi connectivity index (χ4n) is 2.71. The van der Waals surface area contributed by atoms with Crippen molar-refractivity contribution in [3.8, 4) is 0 Å². The van der Waals surface area contributed by atoms with Crippen LogP contribution in [0.5, 0.6) is 0 Å². The van der Waals surface area contributed by atoms with Gasteiger partial charge in [-0.3, -0.25) is 9.59 Å². The van der Waals surface area contributed by atoms with E-state index in [0.29, 0.717) is 30.2 Å². The van der Waals surface area contributed by atoms with E-state index in [1.54, 1.807) is 30.0 Å². The van der Waals surface area contributed by atoms with Crippen molar-refractivity contribution in [2.45, 2.75) is 27.7 Å². The van der Waals surface area contributed by atoms with Crippen molar-refractivity contribution in [2.75, 3.05) is 38.0 Å². The van der Waals surface area contributed by atoms with Gasteiger partial charge in [-0.25, -0.2) is 0 Å². The van der Waals surface area contributed by atoms with Crippen LogP contribution >= 0.6 is 0 Å². The van der Waals surface area contributed by atoms with E-state index in [9.17, 15) is 9.59 Å². The van der Waals surface area contributed by atoms with Crippen molar-refractivity contribution in [2.24, 2.45) is 0 Å². The molecule has 0 fully saturated rings. The van der Waals surface area contributed by atoms with Crippen LogP contribution in [0.3, 0.4) is 0 Å². The first-order valence-electron chi connectivity index (χ1n) is 9.24. The Bertz CT molecular complexity index is 751. The third kappa shape index (κ3) is 6.21. The third-order valence-corrected chi connectivity index (χ3v) is 4.40. The summed E-state index contributed by atoms with van der Waals surface area (Å²) in [5.74, 6) is 0.500. The van der Waals surface area contributed by atoms with Crippen LogP contribution in [-0.4, -0.2) is 59.5 Å². The molecule has 146 valence electrons. The van der Waals surface area contributed by atoms with Gasteiger partial charge in [0.15, 0.2) is 5.82 Å². The molecule has 1 aromatic carbocycles. The number of benzene rings is 1. The van der Waals surface area contributed by atoms with Gasteiger partial charge >= 0.3 is 0 Å². The van der Waals surface area contributed by atoms with Gasteiger partial charge in [0.2, 0.25) is 5.91 Å². The first kappa shape index (κ1) is 20.6. The van der Waals surface area contributed by atoms with E-state index in [-0.39, 0.29) is 18.4 Å². The predicted molar refractivity (Wildman–Crippen MR) is 105 cm³/mol. The highest BCUT2D eigenvalue weighted by Crippen LogP contribution is 2.10. The minimum atomic E-state index is -0.302. The van der Waals surface area contributed by atoms with E-state index >= 15 is 0 Å². The number of aromatic nitrogens is 1. The van der Waals surface area contributed by atoms with Gasteiger partial charge in [-0.1, -0.05) is 36.7 Å². The lowest BCUT2D eigenvalue weighted by Crippen LogP contribution is -2.42. The molecule has 0 radical (unpaired) electrons. The Morgan fingerprint density at radius 1 is 1.07 bits per heavy atom. The van der Waals surface area contributed by atoms with Crippen molar-refractivity contribution in [1.82, 2.24) is 15.0 Å². The Balaban J connectivity index is 2.08. The number of nitrogens with one attached hydrogen (secondary N) is 1. The quantitative estimate of drug-likeness (QED) is 0.732. The normalized spacial score (nSPS) is 10.9. The molecule has 7 heteroatoms. The fraction of sp³-hybridized carbons (Fsp3) is 0.450. The van der Waals surface area contributed by atoms with Gasteiger partial charge in [0.05, 0.1) is 0 Å². The monoisotopic (exact) mass is 372 g/mol. The summed E-state index contributed by atoms with van der Waals surface area (Å²) >= 11 is 0. The SMILES string of the molecule is CCN(CC)CCN(CC(=O)Nc1cc(C)on1)C(=O)c1ccc(C)cc1. The Morgan fingerprint density at radius 3 is 2.30 bits per heavy atom. The van der Waals surface area contributed by atoms with E-state index in [0.717, 1.165) is 18.7 Å². The lowest BCUT2D eigenvalue weighted by Gasteiger charge is -2.26. The summed E-state index contributed by atoms with van der Waals surface area (Å²) in [4.78, 5) is 29.1. The number of amides is 2. The standard InChI is InChI=1S/C20H28N4O3/c1-5-23(6-2)11-12-24(20(26)17-9-7-15(3)8-10-17)14-19(25)21-18-13-16(4)27-22-18/h7-10,13H,5-6,11-12,14H2,1-4H3,(H,21,22,25). The number of nitrogens with zero attached hydrogens (tertiary/aromatic N) is 3. The number of anilines is 1. The zero-order valence-corrected chi connectivity index (χ0v) is 16.5. The van der Waals surface area contributed by atoms with Crippen LogP contribution in [0, 0.1) is 13.8 Å². The van der Waals surface area contributed by atoms with Gasteiger partial charge in [-0.05, 0) is 39.1 Å². The van der Waals surface area contributed by atoms with Gasteiger partial charge in [-0.15, -0.1) is 0 Å². The van der Waals surface area contributed by atoms with Gasteiger partial charge in [0.25, 0.3) is 5.91 Å². The average molecular weight is 372 g/mol. The molecule has 1 heterocycles. The second-order valence-electron chi connectivity index (χ2n) is 6.49. The van der Waals surface area contributed by atoms with Gasteiger partial charge in [0, 0.05) is 24.7 Å². The summed E-state index contributed by atoms with van der Waals surface area (Å²) in [6.07, 6.45) is 0. The number of rotatable bonds is 9. The molecule has 0 unspecified atom stereocenters. The van der Waals surface area contributed by atoms with Crippen LogP contribution in [-0.2, 0) is 4.79 Å². The van der Waals surface area contributed by atoms with Crippen molar-refractivity contribution in [1.29, 1.82) is 0 Å². The summed E-state index contributed by atoms with van der Waals surface area (Å²) in [7, 11) is 0. The lowest BCUT2D eigenvalue weighted by molar-refractivity contribution is -0.117. The summed E-state index contributed by atoms with van der Waals surface area (Å²) in [6, 6.07) is 9.02. The van der Waals surface area contributed by atoms with Crippen LogP contribution in [0.1, 0.15) is 35.5 Å². The van der Waals surface area contributed by atoms with Crippen molar-refractivity contribution >= 4 is 17.6 Å². The largest absolute Gasteiger partial charge is 0.360 e. The zero-order valence-electron chi connectivity index (χ0n) is 16.5. The molecule has 0 saturated heterocycles. The molecule has 0 spiro atoms. The molecule has 0 saturated carbocycles. The molecular weight excluding hydrogens is 344 g/mol. The minimum absolute atomic E-state index is 0.0418. The number of carbonyl (C=O) groups excluding carboxylic acids is 2. The highest BCUT2D eigenvalue weighted by atomic mass is 16.5. The molecule has 0 aliphatic rings. The molecule has 2 aromatic rings. The van der Waals surface area contributed by atoms with Crippen molar-refractivity contribution < 1.29 is 14.1 Å². The van der Waals surface area contributed by atoms with E-state index in [2.05, 4.69) is 29.2 Å². The molecule has 0 atom stereocenters. The molecule has 0 bridgehead atoms. The highest BCUT2D eigenvalue weighted by Gasteiger charge is 2.20. The second-order valence-corrected chi connectivity index (χ2v) is 6.49. The smallest absolute Gasteiger partial charge is 0.254 e. The summed E-state index contributed by atoms with van der Waals surface area (Å²) in [5, 5.41) is 6.43. The number of carbonyl (C=O) groups is 2. The van der Waals surface area contributed by atoms with Gasteiger partial charge in [-0.2, -0.15) is 0 Å². The van der Waals surface area contributed by atoms with Crippen LogP contribution < -0.4 is 5.32 Å². The van der Waals surface area contributed by atoms with E-state index in [4.69, 9.17) is 4.52 Å². The second kappa shape index (κ2) is 9.87. The van der Waals surface area contributed by atoms with Crippen LogP contribution in [0.15, 0.2) is 34.9 Å². The summed E-state index contributed by atoms with van der Waals surface area (Å²) in [6.45, 7) is 10.8. The first-order valence-corrected chi connectivity index (χ1v) is 9.24. The Kier molecular flexibility index (Phi) is 7.55. The Labute approximate surface area is 160 Å². The van der Waals surface area contributed by atoms with E-state index in [1.165, 1.54) is 0 Å². The fourth-order valence-corrected chi connectivity index (χ4v) is 2.71. The number of hydrogen-bond acceptors (Lipinski definition) is 5. The topological polar surface area (TPSA) is 78.7 Å². The third-order valence-electron chi connectivity index (χ3n) is 4.40. The van der Waals surface area contributed by atoms with Crippen molar-refractivity contribution in [3.63, 3.8) is 0 Å². The van der Waals surface area contributed by atoms with Crippen LogP contribution in [0.4, 0.5) is 5.82 Å². The van der Waals surface area contributed by atoms with Gasteiger partial charge < -0.3 is 19.6 Å². The highest BCUT2D eigenvalue weighted by molar-refractivity contribution is 5.99. The molecule has 0 aliphatic carbocycles. The molecule has 1 N–H and O–H groups in total. The van der Waals surface area contributed by atoms with Crippen LogP contribution in [0.25, 0.3) is 0 Å². The van der Waals surface area contributed by atoms with E-state index < -0.39 is 0 Å². The van der Waals surface area contributed by atoms with E-state index in [1.807, 2.05) is 19.1 Å². The van der Waals surface area contributed by atoms with Crippen LogP contribution in [0.2, 0.25) is 0 Å². The predicted octanol–water partition coefficient (Wildman–Crippen LogP) is 2.71. The summed E-state index contributed by atoms with van der Waals surface area (Å²) < 4.78 is 4.95. The Morgan fingerprint density at radius 2 is 1.74 bits per heavy atom. The maximum atomic E-state index is 12.9. The van der Waals surface area contributed by atoms with Gasteiger partial charge in [0.1, 0.15) is 12.3 Å². The molecule has 0 aliphatic heterocycles. The van der Waals surface area contributed by atoms with Crippen molar-refractivity contribution in [3.05, 3.63) is 47.2 Å². The lowest BCUT2D eigenvalue weighted by atomic mass is 10.1. The minimum Gasteiger partial charge on any atom is -0.360 e. The maximum Gasteiger partial charge on any atom is 0.254 e. The molecule has 1 aromatic heterocycles. The maximum absolute atomic E-state index is 12.9. The summed E-state index contributed by atoms with van der Waals surface area (Å²) in [5.41, 5.74) is 1.66. The number of aryl methyl sites for hydroxylation is 2. The zero-order chi connectivity index (χ0) is 19.8. The molecule has 7 nitrogen and oxygen atoms in total. The average Bonchev–Trinajstić information content (AvgIpc) is 3.06. The Hall–Kier alpha value is -2.67. The number of hydrogen-bond donors (Lipinski definition) is 1. The molecule has 27 heavy (non-hydrogen) atoms. The molecule has 2 amide bonds.